The highest BCUT2D eigenvalue weighted by Gasteiger charge is 2.19. The van der Waals surface area contributed by atoms with Crippen molar-refractivity contribution in [3.63, 3.8) is 0 Å². The zero-order valence-corrected chi connectivity index (χ0v) is 28.4. The summed E-state index contributed by atoms with van der Waals surface area (Å²) in [5.41, 5.74) is 15.9. The molecule has 0 spiro atoms. The highest BCUT2D eigenvalue weighted by molar-refractivity contribution is 7.25. The summed E-state index contributed by atoms with van der Waals surface area (Å²) < 4.78 is 15.2. The van der Waals surface area contributed by atoms with Gasteiger partial charge in [-0.2, -0.15) is 0 Å². The van der Waals surface area contributed by atoms with Crippen molar-refractivity contribution in [2.75, 3.05) is 0 Å². The normalized spacial score (nSPS) is 13.3. The summed E-state index contributed by atoms with van der Waals surface area (Å²) in [6.45, 7) is 0.654. The zero-order chi connectivity index (χ0) is 33.9. The summed E-state index contributed by atoms with van der Waals surface area (Å²) in [6.07, 6.45) is -0.584. The molecule has 0 radical (unpaired) electrons. The van der Waals surface area contributed by atoms with Crippen molar-refractivity contribution in [2.45, 2.75) is 18.9 Å². The van der Waals surface area contributed by atoms with Crippen LogP contribution in [0.25, 0.3) is 75.2 Å². The number of hydrogen-bond donors (Lipinski definition) is 3. The predicted molar refractivity (Wildman–Crippen MR) is 212 cm³/mol. The Morgan fingerprint density at radius 2 is 1.25 bits per heavy atom. The van der Waals surface area contributed by atoms with Gasteiger partial charge < -0.3 is 14.6 Å². The SMILES string of the molecule is NC(NC(NCc1ccc2c(c1)sc1ccc(-c3cccc4c3oc3ccccc34)cc12)c1ccc2c(c1)oc1ccccc12)c1ccccc1. The minimum absolute atomic E-state index is 0.223. The topological polar surface area (TPSA) is 76.4 Å². The van der Waals surface area contributed by atoms with Gasteiger partial charge in [0.25, 0.3) is 0 Å². The lowest BCUT2D eigenvalue weighted by molar-refractivity contribution is 0.386. The van der Waals surface area contributed by atoms with Gasteiger partial charge in [0.2, 0.25) is 0 Å². The van der Waals surface area contributed by atoms with Gasteiger partial charge in [-0.05, 0) is 58.7 Å². The summed E-state index contributed by atoms with van der Waals surface area (Å²) in [7, 11) is 0. The summed E-state index contributed by atoms with van der Waals surface area (Å²) in [6, 6.07) is 53.0. The van der Waals surface area contributed by atoms with Crippen molar-refractivity contribution < 1.29 is 8.83 Å². The number of nitrogens with one attached hydrogen (secondary N) is 2. The molecule has 0 amide bonds. The van der Waals surface area contributed by atoms with Crippen LogP contribution in [0.15, 0.2) is 160 Å². The third-order valence-electron chi connectivity index (χ3n) is 10.0. The van der Waals surface area contributed by atoms with E-state index in [9.17, 15) is 0 Å². The lowest BCUT2D eigenvalue weighted by atomic mass is 10.00. The van der Waals surface area contributed by atoms with Crippen LogP contribution in [0.4, 0.5) is 0 Å². The van der Waals surface area contributed by atoms with Crippen LogP contribution in [-0.2, 0) is 6.54 Å². The predicted octanol–water partition coefficient (Wildman–Crippen LogP) is 11.6. The molecule has 0 saturated heterocycles. The van der Waals surface area contributed by atoms with Crippen molar-refractivity contribution in [1.82, 2.24) is 10.6 Å². The molecule has 7 aromatic carbocycles. The maximum Gasteiger partial charge on any atom is 0.143 e. The number of para-hydroxylation sites is 3. The molecule has 0 aliphatic carbocycles. The van der Waals surface area contributed by atoms with E-state index in [1.54, 1.807) is 0 Å². The van der Waals surface area contributed by atoms with E-state index in [1.165, 1.54) is 25.7 Å². The monoisotopic (exact) mass is 679 g/mol. The maximum absolute atomic E-state index is 6.72. The van der Waals surface area contributed by atoms with Gasteiger partial charge in [0.05, 0.1) is 12.3 Å². The van der Waals surface area contributed by atoms with Crippen LogP contribution in [0.3, 0.4) is 0 Å². The number of furan rings is 2. The fourth-order valence-corrected chi connectivity index (χ4v) is 8.57. The lowest BCUT2D eigenvalue weighted by Gasteiger charge is -2.25. The average molecular weight is 680 g/mol. The summed E-state index contributed by atoms with van der Waals surface area (Å²) in [5.74, 6) is 0. The Balaban J connectivity index is 0.968. The number of nitrogens with two attached hydrogens (primary N) is 1. The molecule has 51 heavy (non-hydrogen) atoms. The van der Waals surface area contributed by atoms with Gasteiger partial charge in [-0.1, -0.05) is 115 Å². The molecule has 0 fully saturated rings. The van der Waals surface area contributed by atoms with E-state index in [4.69, 9.17) is 14.6 Å². The van der Waals surface area contributed by atoms with E-state index in [-0.39, 0.29) is 12.3 Å². The first kappa shape index (κ1) is 30.1. The summed E-state index contributed by atoms with van der Waals surface area (Å²) in [4.78, 5) is 0. The van der Waals surface area contributed by atoms with Crippen molar-refractivity contribution in [3.05, 3.63) is 168 Å². The van der Waals surface area contributed by atoms with Crippen LogP contribution < -0.4 is 16.4 Å². The van der Waals surface area contributed by atoms with E-state index < -0.39 is 0 Å². The van der Waals surface area contributed by atoms with Gasteiger partial charge in [-0.3, -0.25) is 10.6 Å². The van der Waals surface area contributed by atoms with Crippen molar-refractivity contribution in [1.29, 1.82) is 0 Å². The Kier molecular flexibility index (Phi) is 7.22. The number of rotatable bonds is 8. The largest absolute Gasteiger partial charge is 0.456 e. The Labute approximate surface area is 297 Å². The highest BCUT2D eigenvalue weighted by Crippen LogP contribution is 2.40. The molecular weight excluding hydrogens is 647 g/mol. The molecule has 0 aliphatic heterocycles. The maximum atomic E-state index is 6.72. The molecule has 246 valence electrons. The van der Waals surface area contributed by atoms with Crippen LogP contribution in [0, 0.1) is 0 Å². The molecule has 10 aromatic rings. The number of fused-ring (bicyclic) bond motifs is 9. The lowest BCUT2D eigenvalue weighted by Crippen LogP contribution is -2.39. The highest BCUT2D eigenvalue weighted by atomic mass is 32.1. The Morgan fingerprint density at radius 1 is 0.529 bits per heavy atom. The molecular formula is C45H33N3O2S. The minimum atomic E-state index is -0.361. The summed E-state index contributed by atoms with van der Waals surface area (Å²) >= 11 is 1.83. The Hall–Kier alpha value is -5.76. The van der Waals surface area contributed by atoms with Crippen LogP contribution in [0.2, 0.25) is 0 Å². The second-order valence-electron chi connectivity index (χ2n) is 13.1. The van der Waals surface area contributed by atoms with Gasteiger partial charge >= 0.3 is 0 Å². The number of thiophene rings is 1. The number of hydrogen-bond acceptors (Lipinski definition) is 6. The van der Waals surface area contributed by atoms with Gasteiger partial charge in [0.15, 0.2) is 0 Å². The zero-order valence-electron chi connectivity index (χ0n) is 27.6. The van der Waals surface area contributed by atoms with Gasteiger partial charge in [0, 0.05) is 53.8 Å². The molecule has 0 saturated carbocycles. The first-order valence-electron chi connectivity index (χ1n) is 17.2. The van der Waals surface area contributed by atoms with E-state index >= 15 is 0 Å². The molecule has 3 aromatic heterocycles. The smallest absolute Gasteiger partial charge is 0.143 e. The van der Waals surface area contributed by atoms with E-state index in [1.807, 2.05) is 59.9 Å². The molecule has 6 heteroatoms. The Bertz CT molecular complexity index is 2890. The third-order valence-corrected chi connectivity index (χ3v) is 11.1. The molecule has 10 rings (SSSR count). The quantitative estimate of drug-likeness (QED) is 0.139. The summed E-state index contributed by atoms with van der Waals surface area (Å²) in [5, 5.41) is 14.4. The van der Waals surface area contributed by atoms with Gasteiger partial charge in [0.1, 0.15) is 22.3 Å². The van der Waals surface area contributed by atoms with Crippen molar-refractivity contribution >= 4 is 75.4 Å². The molecule has 4 N–H and O–H groups in total. The van der Waals surface area contributed by atoms with Crippen LogP contribution in [-0.4, -0.2) is 0 Å². The molecule has 2 unspecified atom stereocenters. The van der Waals surface area contributed by atoms with Crippen molar-refractivity contribution in [3.8, 4) is 11.1 Å². The Morgan fingerprint density at radius 3 is 2.12 bits per heavy atom. The molecule has 0 aliphatic rings. The third kappa shape index (κ3) is 5.28. The van der Waals surface area contributed by atoms with Crippen molar-refractivity contribution in [2.24, 2.45) is 5.73 Å². The fourth-order valence-electron chi connectivity index (χ4n) is 7.42. The average Bonchev–Trinajstić information content (AvgIpc) is 3.87. The van der Waals surface area contributed by atoms with E-state index in [2.05, 4.69) is 114 Å². The van der Waals surface area contributed by atoms with Gasteiger partial charge in [-0.15, -0.1) is 11.3 Å². The molecule has 3 heterocycles. The van der Waals surface area contributed by atoms with E-state index in [0.29, 0.717) is 6.54 Å². The fraction of sp³-hybridized carbons (Fsp3) is 0.0667. The number of benzene rings is 7. The molecule has 5 nitrogen and oxygen atoms in total. The second kappa shape index (κ2) is 12.2. The minimum Gasteiger partial charge on any atom is -0.456 e. The van der Waals surface area contributed by atoms with Crippen LogP contribution >= 0.6 is 11.3 Å². The first-order chi connectivity index (χ1) is 25.2. The second-order valence-corrected chi connectivity index (χ2v) is 14.2. The van der Waals surface area contributed by atoms with Crippen LogP contribution in [0.5, 0.6) is 0 Å². The van der Waals surface area contributed by atoms with Crippen LogP contribution in [0.1, 0.15) is 29.0 Å². The van der Waals surface area contributed by atoms with Gasteiger partial charge in [-0.25, -0.2) is 0 Å². The molecule has 0 bridgehead atoms. The van der Waals surface area contributed by atoms with E-state index in [0.717, 1.165) is 66.1 Å². The standard InChI is InChI=1S/C45H33N3O2S/c46-44(28-9-2-1-3-10-28)48-45(30-18-21-34-32-11-4-6-15-38(32)49-40(34)25-30)47-26-27-17-20-35-37-24-29(19-22-41(37)51-42(35)23-27)31-13-8-14-36-33-12-5-7-16-39(33)50-43(31)36/h1-25,44-45,47-48H,26,46H2. The molecule has 2 atom stereocenters. The first-order valence-corrected chi connectivity index (χ1v) is 18.0.